The van der Waals surface area contributed by atoms with Crippen LogP contribution in [0.2, 0.25) is 0 Å². The van der Waals surface area contributed by atoms with E-state index in [4.69, 9.17) is 5.11 Å². The fraction of sp³-hybridized carbons (Fsp3) is 0.625. The molecule has 0 rings (SSSR count). The van der Waals surface area contributed by atoms with Gasteiger partial charge < -0.3 is 10.0 Å². The van der Waals surface area contributed by atoms with E-state index in [1.807, 2.05) is 13.8 Å². The molecule has 1 amide bonds. The Labute approximate surface area is 67.3 Å². The standard InChI is InChI=1S/C8H15NO2/c1-4-9(5-2)8(11)7(3)6-10/h10H,3-6H2,1-2H3. The molecule has 0 aromatic carbocycles. The molecular formula is C8H15NO2. The van der Waals surface area contributed by atoms with Gasteiger partial charge in [-0.25, -0.2) is 0 Å². The molecular weight excluding hydrogens is 142 g/mol. The van der Waals surface area contributed by atoms with E-state index in [0.717, 1.165) is 0 Å². The van der Waals surface area contributed by atoms with Crippen molar-refractivity contribution < 1.29 is 9.90 Å². The van der Waals surface area contributed by atoms with Crippen molar-refractivity contribution in [3.63, 3.8) is 0 Å². The van der Waals surface area contributed by atoms with Crippen molar-refractivity contribution in [1.29, 1.82) is 0 Å². The van der Waals surface area contributed by atoms with E-state index in [1.165, 1.54) is 0 Å². The first-order chi connectivity index (χ1) is 5.17. The van der Waals surface area contributed by atoms with Gasteiger partial charge in [-0.15, -0.1) is 0 Å². The van der Waals surface area contributed by atoms with Gasteiger partial charge in [-0.3, -0.25) is 4.79 Å². The summed E-state index contributed by atoms with van der Waals surface area (Å²) in [6.07, 6.45) is 0. The molecule has 0 radical (unpaired) electrons. The Balaban J connectivity index is 4.09. The van der Waals surface area contributed by atoms with Crippen LogP contribution in [-0.4, -0.2) is 35.6 Å². The molecule has 0 aliphatic heterocycles. The summed E-state index contributed by atoms with van der Waals surface area (Å²) in [5.41, 5.74) is 0.258. The minimum absolute atomic E-state index is 0.155. The molecule has 11 heavy (non-hydrogen) atoms. The number of amides is 1. The molecule has 3 heteroatoms. The fourth-order valence-electron chi connectivity index (χ4n) is 0.802. The van der Waals surface area contributed by atoms with E-state index in [1.54, 1.807) is 4.90 Å². The molecule has 0 fully saturated rings. The SMILES string of the molecule is C=C(CO)C(=O)N(CC)CC. The molecule has 0 aromatic heterocycles. The molecule has 0 aromatic rings. The fourth-order valence-corrected chi connectivity index (χ4v) is 0.802. The van der Waals surface area contributed by atoms with E-state index < -0.39 is 0 Å². The molecule has 3 nitrogen and oxygen atoms in total. The van der Waals surface area contributed by atoms with Crippen molar-refractivity contribution in [2.75, 3.05) is 19.7 Å². The first-order valence-corrected chi connectivity index (χ1v) is 3.75. The van der Waals surface area contributed by atoms with Gasteiger partial charge in [0.2, 0.25) is 0 Å². The first-order valence-electron chi connectivity index (χ1n) is 3.75. The molecule has 64 valence electrons. The summed E-state index contributed by atoms with van der Waals surface area (Å²) in [5.74, 6) is -0.155. The molecule has 0 bridgehead atoms. The maximum Gasteiger partial charge on any atom is 0.251 e. The van der Waals surface area contributed by atoms with Crippen molar-refractivity contribution in [2.24, 2.45) is 0 Å². The molecule has 0 aliphatic carbocycles. The Morgan fingerprint density at radius 2 is 1.91 bits per heavy atom. The molecule has 0 spiro atoms. The summed E-state index contributed by atoms with van der Waals surface area (Å²) in [6, 6.07) is 0. The summed E-state index contributed by atoms with van der Waals surface area (Å²) < 4.78 is 0. The molecule has 0 atom stereocenters. The van der Waals surface area contributed by atoms with Gasteiger partial charge in [-0.2, -0.15) is 0 Å². The number of likely N-dealkylation sites (N-methyl/N-ethyl adjacent to an activating group) is 1. The van der Waals surface area contributed by atoms with Crippen molar-refractivity contribution in [3.8, 4) is 0 Å². The molecule has 0 saturated carbocycles. The third-order valence-electron chi connectivity index (χ3n) is 1.54. The van der Waals surface area contributed by atoms with Crippen molar-refractivity contribution in [3.05, 3.63) is 12.2 Å². The molecule has 0 heterocycles. The highest BCUT2D eigenvalue weighted by Crippen LogP contribution is 1.97. The second kappa shape index (κ2) is 4.91. The van der Waals surface area contributed by atoms with E-state index in [2.05, 4.69) is 6.58 Å². The number of carbonyl (C=O) groups is 1. The lowest BCUT2D eigenvalue weighted by Crippen LogP contribution is -2.32. The Hall–Kier alpha value is -0.830. The zero-order valence-electron chi connectivity index (χ0n) is 7.13. The Morgan fingerprint density at radius 3 is 2.18 bits per heavy atom. The van der Waals surface area contributed by atoms with Crippen LogP contribution >= 0.6 is 0 Å². The number of hydrogen-bond acceptors (Lipinski definition) is 2. The van der Waals surface area contributed by atoms with Crippen molar-refractivity contribution >= 4 is 5.91 Å². The van der Waals surface area contributed by atoms with Crippen LogP contribution in [0, 0.1) is 0 Å². The predicted molar refractivity (Wildman–Crippen MR) is 44.2 cm³/mol. The number of rotatable bonds is 4. The lowest BCUT2D eigenvalue weighted by molar-refractivity contribution is -0.127. The number of hydrogen-bond donors (Lipinski definition) is 1. The number of aliphatic hydroxyl groups is 1. The summed E-state index contributed by atoms with van der Waals surface area (Å²) in [6.45, 7) is 8.31. The van der Waals surface area contributed by atoms with Gasteiger partial charge in [-0.05, 0) is 13.8 Å². The van der Waals surface area contributed by atoms with Crippen molar-refractivity contribution in [1.82, 2.24) is 4.90 Å². The van der Waals surface area contributed by atoms with Gasteiger partial charge in [0.1, 0.15) is 0 Å². The van der Waals surface area contributed by atoms with Crippen LogP contribution in [0.1, 0.15) is 13.8 Å². The number of aliphatic hydroxyl groups excluding tert-OH is 1. The van der Waals surface area contributed by atoms with E-state index in [-0.39, 0.29) is 18.1 Å². The minimum atomic E-state index is -0.255. The monoisotopic (exact) mass is 157 g/mol. The Morgan fingerprint density at radius 1 is 1.45 bits per heavy atom. The summed E-state index contributed by atoms with van der Waals surface area (Å²) in [7, 11) is 0. The van der Waals surface area contributed by atoms with Gasteiger partial charge in [0, 0.05) is 18.7 Å². The van der Waals surface area contributed by atoms with Crippen LogP contribution in [0.3, 0.4) is 0 Å². The van der Waals surface area contributed by atoms with E-state index in [0.29, 0.717) is 13.1 Å². The Kier molecular flexibility index (Phi) is 4.54. The highest BCUT2D eigenvalue weighted by Gasteiger charge is 2.11. The minimum Gasteiger partial charge on any atom is -0.391 e. The number of nitrogens with zero attached hydrogens (tertiary/aromatic N) is 1. The van der Waals surface area contributed by atoms with Crippen LogP contribution in [0.5, 0.6) is 0 Å². The third kappa shape index (κ3) is 2.72. The third-order valence-corrected chi connectivity index (χ3v) is 1.54. The molecule has 0 unspecified atom stereocenters. The van der Waals surface area contributed by atoms with Gasteiger partial charge >= 0.3 is 0 Å². The van der Waals surface area contributed by atoms with Crippen LogP contribution in [0.25, 0.3) is 0 Å². The highest BCUT2D eigenvalue weighted by molar-refractivity contribution is 5.92. The van der Waals surface area contributed by atoms with E-state index >= 15 is 0 Å². The zero-order chi connectivity index (χ0) is 8.85. The quantitative estimate of drug-likeness (QED) is 0.600. The van der Waals surface area contributed by atoms with Crippen molar-refractivity contribution in [2.45, 2.75) is 13.8 Å². The first kappa shape index (κ1) is 10.2. The molecule has 0 aliphatic rings. The maximum atomic E-state index is 11.2. The highest BCUT2D eigenvalue weighted by atomic mass is 16.3. The van der Waals surface area contributed by atoms with Crippen LogP contribution in [0.4, 0.5) is 0 Å². The second-order valence-electron chi connectivity index (χ2n) is 2.24. The Bertz CT molecular complexity index is 150. The lowest BCUT2D eigenvalue weighted by Gasteiger charge is -2.18. The van der Waals surface area contributed by atoms with Crippen LogP contribution in [0.15, 0.2) is 12.2 Å². The second-order valence-corrected chi connectivity index (χ2v) is 2.24. The topological polar surface area (TPSA) is 40.5 Å². The van der Waals surface area contributed by atoms with Gasteiger partial charge in [-0.1, -0.05) is 6.58 Å². The lowest BCUT2D eigenvalue weighted by atomic mass is 10.3. The van der Waals surface area contributed by atoms with Gasteiger partial charge in [0.05, 0.1) is 6.61 Å². The molecule has 0 saturated heterocycles. The van der Waals surface area contributed by atoms with Crippen LogP contribution in [-0.2, 0) is 4.79 Å². The summed E-state index contributed by atoms with van der Waals surface area (Å²) >= 11 is 0. The smallest absolute Gasteiger partial charge is 0.251 e. The largest absolute Gasteiger partial charge is 0.391 e. The molecule has 1 N–H and O–H groups in total. The average molecular weight is 157 g/mol. The normalized spacial score (nSPS) is 9.36. The summed E-state index contributed by atoms with van der Waals surface area (Å²) in [5, 5.41) is 8.60. The van der Waals surface area contributed by atoms with Gasteiger partial charge in [0.15, 0.2) is 0 Å². The average Bonchev–Trinajstić information content (AvgIpc) is 2.05. The number of carbonyl (C=O) groups excluding carboxylic acids is 1. The summed E-state index contributed by atoms with van der Waals surface area (Å²) in [4.78, 5) is 12.8. The van der Waals surface area contributed by atoms with Crippen LogP contribution < -0.4 is 0 Å². The predicted octanol–water partition coefficient (Wildman–Crippen LogP) is 0.403. The van der Waals surface area contributed by atoms with E-state index in [9.17, 15) is 4.79 Å². The maximum absolute atomic E-state index is 11.2. The van der Waals surface area contributed by atoms with Gasteiger partial charge in [0.25, 0.3) is 5.91 Å². The zero-order valence-corrected chi connectivity index (χ0v) is 7.13.